The van der Waals surface area contributed by atoms with Gasteiger partial charge < -0.3 is 15.2 Å². The largest absolute Gasteiger partial charge is 0.504 e. The summed E-state index contributed by atoms with van der Waals surface area (Å²) in [5.41, 5.74) is 2.73. The van der Waals surface area contributed by atoms with Crippen molar-refractivity contribution < 1.29 is 19.0 Å². The van der Waals surface area contributed by atoms with E-state index in [2.05, 4.69) is 24.1 Å². The molecule has 1 unspecified atom stereocenters. The number of anilines is 1. The van der Waals surface area contributed by atoms with Crippen LogP contribution >= 0.6 is 0 Å². The lowest BCUT2D eigenvalue weighted by Crippen LogP contribution is -2.36. The second-order valence-electron chi connectivity index (χ2n) is 9.23. The Bertz CT molecular complexity index is 1280. The van der Waals surface area contributed by atoms with E-state index in [4.69, 9.17) is 9.84 Å². The summed E-state index contributed by atoms with van der Waals surface area (Å²) in [5, 5.41) is 18.2. The maximum absolute atomic E-state index is 13.4. The van der Waals surface area contributed by atoms with Crippen LogP contribution in [0.2, 0.25) is 0 Å². The lowest BCUT2D eigenvalue weighted by atomic mass is 9.73. The van der Waals surface area contributed by atoms with Crippen LogP contribution in [0.3, 0.4) is 0 Å². The number of nitrogens with one attached hydrogen (secondary N) is 1. The average Bonchev–Trinajstić information content (AvgIpc) is 3.17. The Balaban J connectivity index is 1.68. The molecule has 0 radical (unpaired) electrons. The number of nitrogens with zero attached hydrogens (tertiary/aromatic N) is 3. The van der Waals surface area contributed by atoms with Crippen molar-refractivity contribution in [2.75, 3.05) is 11.9 Å². The predicted molar refractivity (Wildman–Crippen MR) is 122 cm³/mol. The van der Waals surface area contributed by atoms with Crippen LogP contribution in [0, 0.1) is 11.2 Å². The van der Waals surface area contributed by atoms with E-state index in [1.165, 1.54) is 12.1 Å². The smallest absolute Gasteiger partial charge is 0.226 e. The molecule has 1 aliphatic carbocycles. The Morgan fingerprint density at radius 1 is 1.21 bits per heavy atom. The molecule has 2 aliphatic rings. The summed E-state index contributed by atoms with van der Waals surface area (Å²) in [6.07, 6.45) is 1.12. The number of halogens is 1. The maximum Gasteiger partial charge on any atom is 0.226 e. The van der Waals surface area contributed by atoms with Gasteiger partial charge in [-0.25, -0.2) is 9.07 Å². The van der Waals surface area contributed by atoms with Gasteiger partial charge in [0, 0.05) is 23.3 Å². The van der Waals surface area contributed by atoms with Crippen LogP contribution in [0.15, 0.2) is 53.7 Å². The van der Waals surface area contributed by atoms with Gasteiger partial charge in [-0.1, -0.05) is 19.9 Å². The summed E-state index contributed by atoms with van der Waals surface area (Å²) in [6, 6.07) is 10.5. The zero-order chi connectivity index (χ0) is 23.3. The zero-order valence-electron chi connectivity index (χ0n) is 18.7. The van der Waals surface area contributed by atoms with E-state index in [0.717, 1.165) is 11.3 Å². The molecule has 170 valence electrons. The third-order valence-corrected chi connectivity index (χ3v) is 6.03. The van der Waals surface area contributed by atoms with E-state index in [1.54, 1.807) is 35.0 Å². The number of phenols is 1. The first-order valence-corrected chi connectivity index (χ1v) is 11.0. The van der Waals surface area contributed by atoms with Crippen molar-refractivity contribution in [3.8, 4) is 22.9 Å². The normalized spacial score (nSPS) is 19.0. The molecule has 2 heterocycles. The van der Waals surface area contributed by atoms with Crippen LogP contribution in [0.5, 0.6) is 11.5 Å². The summed E-state index contributed by atoms with van der Waals surface area (Å²) in [5.74, 6) is 1.03. The highest BCUT2D eigenvalue weighted by atomic mass is 19.1. The van der Waals surface area contributed by atoms with Gasteiger partial charge >= 0.3 is 0 Å². The predicted octanol–water partition coefficient (Wildman–Crippen LogP) is 4.85. The number of benzene rings is 2. The van der Waals surface area contributed by atoms with Gasteiger partial charge in [0.15, 0.2) is 23.1 Å². The van der Waals surface area contributed by atoms with Gasteiger partial charge in [-0.15, -0.1) is 5.10 Å². The van der Waals surface area contributed by atoms with Gasteiger partial charge in [-0.05, 0) is 60.7 Å². The third kappa shape index (κ3) is 3.75. The quantitative estimate of drug-likeness (QED) is 0.593. The fourth-order valence-corrected chi connectivity index (χ4v) is 4.61. The summed E-state index contributed by atoms with van der Waals surface area (Å²) < 4.78 is 20.7. The van der Waals surface area contributed by atoms with E-state index in [-0.39, 0.29) is 22.8 Å². The molecule has 0 fully saturated rings. The third-order valence-electron chi connectivity index (χ3n) is 6.03. The Labute approximate surface area is 190 Å². The fraction of sp³-hybridized carbons (Fsp3) is 0.320. The molecule has 0 amide bonds. The minimum atomic E-state index is -0.527. The van der Waals surface area contributed by atoms with Crippen LogP contribution in [0.4, 0.5) is 10.3 Å². The molecule has 1 aromatic heterocycles. The number of ketones is 1. The molecule has 0 saturated carbocycles. The van der Waals surface area contributed by atoms with Crippen LogP contribution in [0.25, 0.3) is 11.4 Å². The molecule has 5 rings (SSSR count). The van der Waals surface area contributed by atoms with E-state index < -0.39 is 6.04 Å². The molecule has 33 heavy (non-hydrogen) atoms. The standard InChI is InChI=1S/C25H25FN4O3/c1-4-33-20-11-15(7-10-18(20)31)22-21-17(12-25(2,3)13-19(21)32)27-24-28-23(29-30(22)24)14-5-8-16(26)9-6-14/h5-11,22,31H,4,12-13H2,1-3H3,(H,27,28,29). The Morgan fingerprint density at radius 3 is 2.70 bits per heavy atom. The van der Waals surface area contributed by atoms with Crippen LogP contribution < -0.4 is 10.1 Å². The SMILES string of the molecule is CCOc1cc(C2C3=C(CC(C)(C)CC3=O)Nc3nc(-c4ccc(F)cc4)nn32)ccc1O. The number of aromatic hydroxyl groups is 1. The maximum atomic E-state index is 13.4. The summed E-state index contributed by atoms with van der Waals surface area (Å²) >= 11 is 0. The van der Waals surface area contributed by atoms with Gasteiger partial charge in [0.2, 0.25) is 5.95 Å². The highest BCUT2D eigenvalue weighted by Crippen LogP contribution is 2.46. The number of phenolic OH excluding ortho intramolecular Hbond substituents is 1. The second kappa shape index (κ2) is 7.72. The van der Waals surface area contributed by atoms with Crippen molar-refractivity contribution in [2.24, 2.45) is 5.41 Å². The molecule has 8 heteroatoms. The van der Waals surface area contributed by atoms with Crippen molar-refractivity contribution in [1.29, 1.82) is 0 Å². The number of carbonyl (C=O) groups excluding carboxylic acids is 1. The highest BCUT2D eigenvalue weighted by molar-refractivity contribution is 6.00. The fourth-order valence-electron chi connectivity index (χ4n) is 4.61. The number of rotatable bonds is 4. The summed E-state index contributed by atoms with van der Waals surface area (Å²) in [7, 11) is 0. The van der Waals surface area contributed by atoms with Crippen LogP contribution in [-0.2, 0) is 4.79 Å². The molecular weight excluding hydrogens is 423 g/mol. The lowest BCUT2D eigenvalue weighted by molar-refractivity contribution is -0.118. The van der Waals surface area contributed by atoms with Crippen molar-refractivity contribution >= 4 is 11.7 Å². The van der Waals surface area contributed by atoms with Crippen molar-refractivity contribution in [3.05, 3.63) is 65.1 Å². The second-order valence-corrected chi connectivity index (χ2v) is 9.23. The molecule has 0 saturated heterocycles. The van der Waals surface area contributed by atoms with Crippen molar-refractivity contribution in [2.45, 2.75) is 39.7 Å². The Morgan fingerprint density at radius 2 is 1.97 bits per heavy atom. The van der Waals surface area contributed by atoms with Crippen LogP contribution in [0.1, 0.15) is 45.2 Å². The lowest BCUT2D eigenvalue weighted by Gasteiger charge is -2.38. The number of fused-ring (bicyclic) bond motifs is 1. The Hall–Kier alpha value is -3.68. The summed E-state index contributed by atoms with van der Waals surface area (Å²) in [4.78, 5) is 18.0. The van der Waals surface area contributed by atoms with Gasteiger partial charge in [0.05, 0.1) is 6.61 Å². The van der Waals surface area contributed by atoms with Gasteiger partial charge in [-0.2, -0.15) is 4.98 Å². The summed E-state index contributed by atoms with van der Waals surface area (Å²) in [6.45, 7) is 6.38. The first-order chi connectivity index (χ1) is 15.8. The van der Waals surface area contributed by atoms with E-state index in [9.17, 15) is 14.3 Å². The zero-order valence-corrected chi connectivity index (χ0v) is 18.7. The first-order valence-electron chi connectivity index (χ1n) is 11.0. The molecule has 1 atom stereocenters. The average molecular weight is 448 g/mol. The van der Waals surface area contributed by atoms with Crippen molar-refractivity contribution in [1.82, 2.24) is 14.8 Å². The molecule has 2 aromatic carbocycles. The molecular formula is C25H25FN4O3. The Kier molecular flexibility index (Phi) is 4.96. The number of carbonyl (C=O) groups is 1. The van der Waals surface area contributed by atoms with E-state index >= 15 is 0 Å². The molecule has 3 aromatic rings. The topological polar surface area (TPSA) is 89.3 Å². The molecule has 2 N–H and O–H groups in total. The molecule has 0 spiro atoms. The molecule has 7 nitrogen and oxygen atoms in total. The van der Waals surface area contributed by atoms with E-state index in [0.29, 0.717) is 48.1 Å². The minimum absolute atomic E-state index is 0.0330. The van der Waals surface area contributed by atoms with Gasteiger partial charge in [-0.3, -0.25) is 4.79 Å². The molecule has 1 aliphatic heterocycles. The highest BCUT2D eigenvalue weighted by Gasteiger charge is 2.42. The van der Waals surface area contributed by atoms with E-state index in [1.807, 2.05) is 6.92 Å². The van der Waals surface area contributed by atoms with Gasteiger partial charge in [0.1, 0.15) is 11.9 Å². The number of hydrogen-bond donors (Lipinski definition) is 2. The first kappa shape index (κ1) is 21.2. The van der Waals surface area contributed by atoms with Crippen molar-refractivity contribution in [3.63, 3.8) is 0 Å². The number of Topliss-reactive ketones (excluding diaryl/α,β-unsaturated/α-hetero) is 1. The number of hydrogen-bond acceptors (Lipinski definition) is 6. The monoisotopic (exact) mass is 448 g/mol. The van der Waals surface area contributed by atoms with Gasteiger partial charge in [0.25, 0.3) is 0 Å². The number of allylic oxidation sites excluding steroid dienone is 2. The van der Waals surface area contributed by atoms with Crippen LogP contribution in [-0.4, -0.2) is 32.3 Å². The molecule has 0 bridgehead atoms. The number of ether oxygens (including phenoxy) is 1. The minimum Gasteiger partial charge on any atom is -0.504 e. The number of aromatic nitrogens is 3.